The summed E-state index contributed by atoms with van der Waals surface area (Å²) in [7, 11) is 0. The molecule has 21 heavy (non-hydrogen) atoms. The summed E-state index contributed by atoms with van der Waals surface area (Å²) in [6, 6.07) is 2.57. The van der Waals surface area contributed by atoms with E-state index in [1.807, 2.05) is 6.07 Å². The lowest BCUT2D eigenvalue weighted by molar-refractivity contribution is 0.154. The highest BCUT2D eigenvalue weighted by atomic mass is 32.1. The van der Waals surface area contributed by atoms with E-state index in [0.29, 0.717) is 0 Å². The molecule has 1 aliphatic rings. The Balaban J connectivity index is 1.68. The van der Waals surface area contributed by atoms with Crippen molar-refractivity contribution in [2.75, 3.05) is 6.54 Å². The van der Waals surface area contributed by atoms with Gasteiger partial charge in [0.25, 0.3) is 0 Å². The second-order valence-corrected chi connectivity index (χ2v) is 6.43. The SMILES string of the molecule is CCN(Cc1csc(-c2ncccn2)n1)C1CCCCC1. The summed E-state index contributed by atoms with van der Waals surface area (Å²) in [6.45, 7) is 4.30. The summed E-state index contributed by atoms with van der Waals surface area (Å²) >= 11 is 1.64. The van der Waals surface area contributed by atoms with Gasteiger partial charge in [0.1, 0.15) is 0 Å². The molecule has 0 saturated heterocycles. The van der Waals surface area contributed by atoms with Gasteiger partial charge < -0.3 is 0 Å². The van der Waals surface area contributed by atoms with E-state index in [2.05, 4.69) is 27.2 Å². The molecule has 1 fully saturated rings. The Bertz CT molecular complexity index is 548. The van der Waals surface area contributed by atoms with Crippen LogP contribution in [0.4, 0.5) is 0 Å². The fourth-order valence-corrected chi connectivity index (χ4v) is 3.80. The van der Waals surface area contributed by atoms with Gasteiger partial charge >= 0.3 is 0 Å². The molecule has 0 unspecified atom stereocenters. The molecule has 2 aromatic heterocycles. The molecule has 0 radical (unpaired) electrons. The molecule has 2 heterocycles. The van der Waals surface area contributed by atoms with E-state index in [4.69, 9.17) is 4.98 Å². The van der Waals surface area contributed by atoms with Crippen molar-refractivity contribution in [1.82, 2.24) is 19.9 Å². The Kier molecular flexibility index (Phi) is 4.93. The van der Waals surface area contributed by atoms with E-state index in [1.54, 1.807) is 23.7 Å². The van der Waals surface area contributed by atoms with E-state index in [0.717, 1.165) is 35.7 Å². The zero-order valence-electron chi connectivity index (χ0n) is 12.5. The van der Waals surface area contributed by atoms with Crippen molar-refractivity contribution in [2.45, 2.75) is 51.6 Å². The quantitative estimate of drug-likeness (QED) is 0.843. The smallest absolute Gasteiger partial charge is 0.188 e. The predicted octanol–water partition coefficient (Wildman–Crippen LogP) is 3.75. The Labute approximate surface area is 130 Å². The van der Waals surface area contributed by atoms with Crippen LogP contribution in [0.5, 0.6) is 0 Å². The van der Waals surface area contributed by atoms with Crippen LogP contribution in [0.3, 0.4) is 0 Å². The number of hydrogen-bond acceptors (Lipinski definition) is 5. The lowest BCUT2D eigenvalue weighted by Crippen LogP contribution is -2.36. The van der Waals surface area contributed by atoms with Crippen LogP contribution in [0.2, 0.25) is 0 Å². The fourth-order valence-electron chi connectivity index (χ4n) is 3.05. The molecule has 0 spiro atoms. The second kappa shape index (κ2) is 7.09. The van der Waals surface area contributed by atoms with Crippen molar-refractivity contribution in [3.05, 3.63) is 29.5 Å². The minimum absolute atomic E-state index is 0.731. The molecule has 0 aliphatic heterocycles. The maximum Gasteiger partial charge on any atom is 0.188 e. The van der Waals surface area contributed by atoms with Gasteiger partial charge in [-0.25, -0.2) is 15.0 Å². The van der Waals surface area contributed by atoms with Crippen LogP contribution in [-0.2, 0) is 6.54 Å². The third-order valence-corrected chi connectivity index (χ3v) is 5.06. The molecular formula is C16H22N4S. The van der Waals surface area contributed by atoms with Crippen molar-refractivity contribution < 1.29 is 0 Å². The number of thiazole rings is 1. The van der Waals surface area contributed by atoms with Crippen LogP contribution >= 0.6 is 11.3 Å². The Morgan fingerprint density at radius 2 is 1.95 bits per heavy atom. The summed E-state index contributed by atoms with van der Waals surface area (Å²) in [6.07, 6.45) is 10.4. The summed E-state index contributed by atoms with van der Waals surface area (Å²) in [5.74, 6) is 0.731. The first-order chi connectivity index (χ1) is 10.4. The van der Waals surface area contributed by atoms with Crippen LogP contribution in [0.15, 0.2) is 23.8 Å². The van der Waals surface area contributed by atoms with Gasteiger partial charge in [-0.05, 0) is 25.5 Å². The first-order valence-electron chi connectivity index (χ1n) is 7.82. The molecule has 2 aromatic rings. The first-order valence-corrected chi connectivity index (χ1v) is 8.70. The molecule has 0 N–H and O–H groups in total. The first kappa shape index (κ1) is 14.6. The average Bonchev–Trinajstić information content (AvgIpc) is 3.03. The highest BCUT2D eigenvalue weighted by molar-refractivity contribution is 7.13. The maximum atomic E-state index is 4.71. The molecular weight excluding hydrogens is 280 g/mol. The van der Waals surface area contributed by atoms with Crippen molar-refractivity contribution in [2.24, 2.45) is 0 Å². The lowest BCUT2D eigenvalue weighted by atomic mass is 9.94. The third kappa shape index (κ3) is 3.66. The molecule has 1 saturated carbocycles. The van der Waals surface area contributed by atoms with Gasteiger partial charge in [0.05, 0.1) is 5.69 Å². The van der Waals surface area contributed by atoms with E-state index < -0.39 is 0 Å². The van der Waals surface area contributed by atoms with E-state index in [1.165, 1.54) is 32.1 Å². The molecule has 4 nitrogen and oxygen atoms in total. The summed E-state index contributed by atoms with van der Waals surface area (Å²) < 4.78 is 0. The Morgan fingerprint density at radius 3 is 2.67 bits per heavy atom. The highest BCUT2D eigenvalue weighted by Crippen LogP contribution is 2.25. The van der Waals surface area contributed by atoms with Gasteiger partial charge in [-0.1, -0.05) is 26.2 Å². The van der Waals surface area contributed by atoms with Gasteiger partial charge in [0, 0.05) is 30.4 Å². The predicted molar refractivity (Wildman–Crippen MR) is 86.1 cm³/mol. The number of hydrogen-bond donors (Lipinski definition) is 0. The minimum atomic E-state index is 0.731. The Hall–Kier alpha value is -1.33. The van der Waals surface area contributed by atoms with Crippen molar-refractivity contribution in [3.63, 3.8) is 0 Å². The number of rotatable bonds is 5. The van der Waals surface area contributed by atoms with Crippen LogP contribution < -0.4 is 0 Å². The van der Waals surface area contributed by atoms with Gasteiger partial charge in [-0.2, -0.15) is 0 Å². The van der Waals surface area contributed by atoms with Crippen LogP contribution in [0, 0.1) is 0 Å². The molecule has 0 bridgehead atoms. The molecule has 1 aliphatic carbocycles. The molecule has 5 heteroatoms. The number of nitrogens with zero attached hydrogens (tertiary/aromatic N) is 4. The highest BCUT2D eigenvalue weighted by Gasteiger charge is 2.20. The molecule has 0 aromatic carbocycles. The minimum Gasteiger partial charge on any atom is -0.295 e. The van der Waals surface area contributed by atoms with Crippen molar-refractivity contribution in [1.29, 1.82) is 0 Å². The van der Waals surface area contributed by atoms with Crippen LogP contribution in [-0.4, -0.2) is 32.4 Å². The summed E-state index contributed by atoms with van der Waals surface area (Å²) in [4.78, 5) is 15.8. The number of aromatic nitrogens is 3. The second-order valence-electron chi connectivity index (χ2n) is 5.57. The van der Waals surface area contributed by atoms with Crippen LogP contribution in [0.1, 0.15) is 44.7 Å². The van der Waals surface area contributed by atoms with Gasteiger partial charge in [-0.3, -0.25) is 4.90 Å². The van der Waals surface area contributed by atoms with E-state index in [-0.39, 0.29) is 0 Å². The lowest BCUT2D eigenvalue weighted by Gasteiger charge is -2.33. The van der Waals surface area contributed by atoms with Crippen LogP contribution in [0.25, 0.3) is 10.8 Å². The van der Waals surface area contributed by atoms with E-state index >= 15 is 0 Å². The topological polar surface area (TPSA) is 41.9 Å². The van der Waals surface area contributed by atoms with E-state index in [9.17, 15) is 0 Å². The molecule has 3 rings (SSSR count). The zero-order chi connectivity index (χ0) is 14.5. The molecule has 0 atom stereocenters. The fraction of sp³-hybridized carbons (Fsp3) is 0.562. The summed E-state index contributed by atoms with van der Waals surface area (Å²) in [5.41, 5.74) is 1.15. The van der Waals surface area contributed by atoms with Gasteiger partial charge in [-0.15, -0.1) is 11.3 Å². The normalized spacial score (nSPS) is 16.5. The third-order valence-electron chi connectivity index (χ3n) is 4.17. The molecule has 0 amide bonds. The average molecular weight is 302 g/mol. The largest absolute Gasteiger partial charge is 0.295 e. The van der Waals surface area contributed by atoms with Gasteiger partial charge in [0.2, 0.25) is 0 Å². The maximum absolute atomic E-state index is 4.71. The summed E-state index contributed by atoms with van der Waals surface area (Å²) in [5, 5.41) is 3.07. The standard InChI is InChI=1S/C16H22N4S/c1-2-20(14-7-4-3-5-8-14)11-13-12-21-16(19-13)15-17-9-6-10-18-15/h6,9-10,12,14H,2-5,7-8,11H2,1H3. The Morgan fingerprint density at radius 1 is 1.19 bits per heavy atom. The zero-order valence-corrected chi connectivity index (χ0v) is 13.4. The van der Waals surface area contributed by atoms with Gasteiger partial charge in [0.15, 0.2) is 10.8 Å². The molecule has 112 valence electrons. The van der Waals surface area contributed by atoms with Crippen molar-refractivity contribution >= 4 is 11.3 Å². The monoisotopic (exact) mass is 302 g/mol. The van der Waals surface area contributed by atoms with Crippen molar-refractivity contribution in [3.8, 4) is 10.8 Å².